The van der Waals surface area contributed by atoms with Crippen LogP contribution in [0.1, 0.15) is 24.8 Å². The first-order valence-corrected chi connectivity index (χ1v) is 9.02. The molecule has 2 N–H and O–H groups in total. The zero-order valence-electron chi connectivity index (χ0n) is 14.0. The van der Waals surface area contributed by atoms with Crippen LogP contribution in [0.15, 0.2) is 24.5 Å². The Labute approximate surface area is 142 Å². The molecule has 1 amide bonds. The van der Waals surface area contributed by atoms with Gasteiger partial charge in [-0.15, -0.1) is 0 Å². The molecule has 4 rings (SSSR count). The third-order valence-electron chi connectivity index (χ3n) is 5.42. The summed E-state index contributed by atoms with van der Waals surface area (Å²) in [6.45, 7) is 4.23. The maximum absolute atomic E-state index is 12.5. The van der Waals surface area contributed by atoms with E-state index in [0.717, 1.165) is 26.2 Å². The number of rotatable bonds is 6. The Morgan fingerprint density at radius 2 is 2.17 bits per heavy atom. The third kappa shape index (κ3) is 3.61. The Morgan fingerprint density at radius 1 is 1.33 bits per heavy atom. The van der Waals surface area contributed by atoms with E-state index in [1.165, 1.54) is 18.4 Å². The molecule has 3 aliphatic rings. The number of nitrogens with one attached hydrogen (secondary N) is 1. The second-order valence-electron chi connectivity index (χ2n) is 7.50. The molecular formula is C18H26N4O2. The van der Waals surface area contributed by atoms with Crippen LogP contribution in [-0.4, -0.2) is 70.2 Å². The highest BCUT2D eigenvalue weighted by Crippen LogP contribution is 2.29. The first-order chi connectivity index (χ1) is 11.7. The van der Waals surface area contributed by atoms with E-state index < -0.39 is 0 Å². The minimum absolute atomic E-state index is 0.101. The number of amides is 1. The van der Waals surface area contributed by atoms with Crippen molar-refractivity contribution in [2.75, 3.05) is 26.2 Å². The van der Waals surface area contributed by atoms with E-state index in [4.69, 9.17) is 0 Å². The molecule has 1 aliphatic carbocycles. The zero-order chi connectivity index (χ0) is 16.5. The Hall–Kier alpha value is -1.50. The fourth-order valence-corrected chi connectivity index (χ4v) is 3.82. The molecule has 0 aromatic carbocycles. The maximum atomic E-state index is 12.5. The molecule has 0 unspecified atom stereocenters. The van der Waals surface area contributed by atoms with Crippen LogP contribution < -0.4 is 5.32 Å². The van der Waals surface area contributed by atoms with Crippen LogP contribution in [0.5, 0.6) is 0 Å². The monoisotopic (exact) mass is 330 g/mol. The Bertz CT molecular complexity index is 572. The molecule has 24 heavy (non-hydrogen) atoms. The van der Waals surface area contributed by atoms with Gasteiger partial charge >= 0.3 is 0 Å². The number of pyridine rings is 1. The van der Waals surface area contributed by atoms with Crippen molar-refractivity contribution in [2.45, 2.75) is 44.0 Å². The second-order valence-corrected chi connectivity index (χ2v) is 7.50. The standard InChI is InChI=1S/C18H26N4O2/c23-16-6-17(18(24)20-8-13-3-4-13)22(12-16)15-10-21(11-15)9-14-2-1-5-19-7-14/h1-2,5,7,13,15-17,23H,3-4,6,8-12H2,(H,20,24)/t16-,17+/m1/s1. The van der Waals surface area contributed by atoms with Gasteiger partial charge in [-0.25, -0.2) is 0 Å². The van der Waals surface area contributed by atoms with E-state index >= 15 is 0 Å². The summed E-state index contributed by atoms with van der Waals surface area (Å²) in [5.41, 5.74) is 1.22. The van der Waals surface area contributed by atoms with Gasteiger partial charge in [-0.3, -0.25) is 19.6 Å². The van der Waals surface area contributed by atoms with E-state index in [9.17, 15) is 9.90 Å². The Kier molecular flexibility index (Phi) is 4.52. The number of β-amino-alcohol motifs (C(OH)–C–C–N with tert-alkyl or cyclic N) is 1. The van der Waals surface area contributed by atoms with Crippen LogP contribution in [0.3, 0.4) is 0 Å². The third-order valence-corrected chi connectivity index (χ3v) is 5.42. The van der Waals surface area contributed by atoms with Crippen molar-refractivity contribution < 1.29 is 9.90 Å². The summed E-state index contributed by atoms with van der Waals surface area (Å²) in [7, 11) is 0. The molecule has 2 aliphatic heterocycles. The molecule has 0 bridgehead atoms. The van der Waals surface area contributed by atoms with Gasteiger partial charge in [0.15, 0.2) is 0 Å². The first kappa shape index (κ1) is 16.0. The minimum atomic E-state index is -0.381. The fourth-order valence-electron chi connectivity index (χ4n) is 3.82. The van der Waals surface area contributed by atoms with E-state index in [-0.39, 0.29) is 18.1 Å². The number of aliphatic hydroxyl groups is 1. The van der Waals surface area contributed by atoms with Crippen molar-refractivity contribution in [1.29, 1.82) is 0 Å². The van der Waals surface area contributed by atoms with Crippen molar-refractivity contribution >= 4 is 5.91 Å². The van der Waals surface area contributed by atoms with Crippen LogP contribution in [0, 0.1) is 5.92 Å². The summed E-state index contributed by atoms with van der Waals surface area (Å²) in [6.07, 6.45) is 6.36. The molecule has 3 heterocycles. The van der Waals surface area contributed by atoms with Crippen molar-refractivity contribution in [3.8, 4) is 0 Å². The van der Waals surface area contributed by atoms with Gasteiger partial charge in [0.2, 0.25) is 5.91 Å². The van der Waals surface area contributed by atoms with Crippen molar-refractivity contribution in [2.24, 2.45) is 5.92 Å². The van der Waals surface area contributed by atoms with Crippen LogP contribution in [0.2, 0.25) is 0 Å². The predicted octanol–water partition coefficient (Wildman–Crippen LogP) is 0.227. The van der Waals surface area contributed by atoms with Crippen LogP contribution >= 0.6 is 0 Å². The quantitative estimate of drug-likeness (QED) is 0.781. The van der Waals surface area contributed by atoms with Gasteiger partial charge in [0, 0.05) is 51.2 Å². The topological polar surface area (TPSA) is 68.7 Å². The molecule has 1 aromatic heterocycles. The maximum Gasteiger partial charge on any atom is 0.237 e. The van der Waals surface area contributed by atoms with Crippen LogP contribution in [-0.2, 0) is 11.3 Å². The highest BCUT2D eigenvalue weighted by molar-refractivity contribution is 5.82. The molecule has 0 spiro atoms. The smallest absolute Gasteiger partial charge is 0.237 e. The number of aliphatic hydroxyl groups excluding tert-OH is 1. The lowest BCUT2D eigenvalue weighted by atomic mass is 10.0. The van der Waals surface area contributed by atoms with Gasteiger partial charge in [-0.2, -0.15) is 0 Å². The van der Waals surface area contributed by atoms with Gasteiger partial charge in [0.25, 0.3) is 0 Å². The molecule has 6 nitrogen and oxygen atoms in total. The molecule has 1 saturated carbocycles. The van der Waals surface area contributed by atoms with Gasteiger partial charge < -0.3 is 10.4 Å². The average molecular weight is 330 g/mol. The Morgan fingerprint density at radius 3 is 2.88 bits per heavy atom. The summed E-state index contributed by atoms with van der Waals surface area (Å²) < 4.78 is 0. The number of nitrogens with zero attached hydrogens (tertiary/aromatic N) is 3. The SMILES string of the molecule is O=C(NCC1CC1)[C@@H]1C[C@@H](O)CN1C1CN(Cc2cccnc2)C1. The molecule has 3 fully saturated rings. The summed E-state index contributed by atoms with van der Waals surface area (Å²) in [6, 6.07) is 4.26. The number of carbonyl (C=O) groups is 1. The number of likely N-dealkylation sites (tertiary alicyclic amines) is 2. The molecule has 6 heteroatoms. The molecule has 2 saturated heterocycles. The number of carbonyl (C=O) groups excluding carboxylic acids is 1. The van der Waals surface area contributed by atoms with Crippen LogP contribution in [0.25, 0.3) is 0 Å². The highest BCUT2D eigenvalue weighted by atomic mass is 16.3. The van der Waals surface area contributed by atoms with Crippen LogP contribution in [0.4, 0.5) is 0 Å². The fraction of sp³-hybridized carbons (Fsp3) is 0.667. The highest BCUT2D eigenvalue weighted by Gasteiger charge is 2.43. The number of hydrogen-bond acceptors (Lipinski definition) is 5. The lowest BCUT2D eigenvalue weighted by Gasteiger charge is -2.45. The lowest BCUT2D eigenvalue weighted by Crippen LogP contribution is -2.62. The summed E-state index contributed by atoms with van der Waals surface area (Å²) in [5, 5.41) is 13.1. The molecule has 1 aromatic rings. The largest absolute Gasteiger partial charge is 0.392 e. The minimum Gasteiger partial charge on any atom is -0.392 e. The summed E-state index contributed by atoms with van der Waals surface area (Å²) >= 11 is 0. The van der Waals surface area contributed by atoms with Crippen molar-refractivity contribution in [3.05, 3.63) is 30.1 Å². The molecule has 130 valence electrons. The average Bonchev–Trinajstić information content (AvgIpc) is 3.30. The second kappa shape index (κ2) is 6.78. The van der Waals surface area contributed by atoms with E-state index in [2.05, 4.69) is 26.2 Å². The lowest BCUT2D eigenvalue weighted by molar-refractivity contribution is -0.127. The first-order valence-electron chi connectivity index (χ1n) is 9.02. The van der Waals surface area contributed by atoms with E-state index in [1.807, 2.05) is 12.3 Å². The number of hydrogen-bond donors (Lipinski definition) is 2. The van der Waals surface area contributed by atoms with Gasteiger partial charge in [-0.05, 0) is 36.8 Å². The molecular weight excluding hydrogens is 304 g/mol. The van der Waals surface area contributed by atoms with Gasteiger partial charge in [-0.1, -0.05) is 6.07 Å². The van der Waals surface area contributed by atoms with Gasteiger partial charge in [0.05, 0.1) is 12.1 Å². The molecule has 2 atom stereocenters. The summed E-state index contributed by atoms with van der Waals surface area (Å²) in [4.78, 5) is 21.2. The molecule has 0 radical (unpaired) electrons. The van der Waals surface area contributed by atoms with Gasteiger partial charge in [0.1, 0.15) is 0 Å². The Balaban J connectivity index is 1.29. The summed E-state index contributed by atoms with van der Waals surface area (Å²) in [5.74, 6) is 0.788. The predicted molar refractivity (Wildman–Crippen MR) is 90.2 cm³/mol. The van der Waals surface area contributed by atoms with E-state index in [1.54, 1.807) is 6.20 Å². The normalized spacial score (nSPS) is 28.7. The number of aromatic nitrogens is 1. The van der Waals surface area contributed by atoms with E-state index in [0.29, 0.717) is 24.9 Å². The zero-order valence-corrected chi connectivity index (χ0v) is 14.0. The van der Waals surface area contributed by atoms with Crippen molar-refractivity contribution in [1.82, 2.24) is 20.1 Å². The van der Waals surface area contributed by atoms with Crippen molar-refractivity contribution in [3.63, 3.8) is 0 Å².